The lowest BCUT2D eigenvalue weighted by Crippen LogP contribution is -2.42. The molecule has 4 aromatic rings. The van der Waals surface area contributed by atoms with E-state index in [9.17, 15) is 9.59 Å². The van der Waals surface area contributed by atoms with Gasteiger partial charge in [-0.3, -0.25) is 9.36 Å². The highest BCUT2D eigenvalue weighted by atomic mass is 16.5. The molecule has 0 aliphatic rings. The Bertz CT molecular complexity index is 1570. The average Bonchev–Trinajstić information content (AvgIpc) is 2.97. The van der Waals surface area contributed by atoms with E-state index in [2.05, 4.69) is 5.32 Å². The van der Waals surface area contributed by atoms with Crippen molar-refractivity contribution in [2.45, 2.75) is 33.2 Å². The molecule has 9 heteroatoms. The molecule has 4 rings (SSSR count). The van der Waals surface area contributed by atoms with Crippen molar-refractivity contribution in [3.63, 3.8) is 0 Å². The summed E-state index contributed by atoms with van der Waals surface area (Å²) in [5.74, 6) is 1.54. The highest BCUT2D eigenvalue weighted by Gasteiger charge is 2.29. The smallest absolute Gasteiger partial charge is 0.322 e. The van der Waals surface area contributed by atoms with Crippen molar-refractivity contribution in [2.75, 3.05) is 39.8 Å². The van der Waals surface area contributed by atoms with Gasteiger partial charge in [-0.25, -0.2) is 9.78 Å². The molecule has 9 nitrogen and oxygen atoms in total. The van der Waals surface area contributed by atoms with Crippen LogP contribution in [0.5, 0.6) is 11.5 Å². The van der Waals surface area contributed by atoms with Crippen molar-refractivity contribution in [1.82, 2.24) is 14.5 Å². The number of carbonyl (C=O) groups is 1. The molecular formula is C31H36N4O5. The maximum absolute atomic E-state index is 14.0. The number of amides is 2. The lowest BCUT2D eigenvalue weighted by atomic mass is 10.1. The highest BCUT2D eigenvalue weighted by molar-refractivity contribution is 5.91. The first-order valence-corrected chi connectivity index (χ1v) is 13.2. The molecule has 0 saturated carbocycles. The van der Waals surface area contributed by atoms with Crippen LogP contribution in [0.15, 0.2) is 65.5 Å². The predicted molar refractivity (Wildman–Crippen MR) is 157 cm³/mol. The molecule has 0 aliphatic heterocycles. The van der Waals surface area contributed by atoms with Crippen LogP contribution in [0.1, 0.15) is 36.3 Å². The summed E-state index contributed by atoms with van der Waals surface area (Å²) in [6, 6.07) is 17.4. The van der Waals surface area contributed by atoms with Crippen molar-refractivity contribution >= 4 is 22.6 Å². The molecule has 0 aliphatic carbocycles. The number of fused-ring (bicyclic) bond motifs is 1. The van der Waals surface area contributed by atoms with Crippen LogP contribution < -0.4 is 20.3 Å². The Hall–Kier alpha value is -4.37. The van der Waals surface area contributed by atoms with Gasteiger partial charge in [0.25, 0.3) is 5.56 Å². The van der Waals surface area contributed by atoms with Gasteiger partial charge < -0.3 is 24.4 Å². The third-order valence-corrected chi connectivity index (χ3v) is 7.06. The van der Waals surface area contributed by atoms with E-state index >= 15 is 0 Å². The van der Waals surface area contributed by atoms with Gasteiger partial charge in [0.2, 0.25) is 0 Å². The Morgan fingerprint density at radius 1 is 1.00 bits per heavy atom. The minimum Gasteiger partial charge on any atom is -0.497 e. The standard InChI is InChI=1S/C31H36N4O5/c1-7-27(34(16-17-38-4)31(37)33-26-15-14-23(39-5)19-28(26)40-6)29-32-25-11-9-8-10-24(25)30(36)35(29)22-13-12-20(2)21(3)18-22/h8-15,18-19,27H,7,16-17H2,1-6H3,(H,33,37). The SMILES string of the molecule is CCC(c1nc2ccccc2c(=O)n1-c1ccc(C)c(C)c1)N(CCOC)C(=O)Nc1ccc(OC)cc1OC. The molecule has 1 N–H and O–H groups in total. The van der Waals surface area contributed by atoms with E-state index in [1.54, 1.807) is 48.0 Å². The number of aryl methyl sites for hydroxylation is 2. The van der Waals surface area contributed by atoms with Gasteiger partial charge >= 0.3 is 6.03 Å². The fraction of sp³-hybridized carbons (Fsp3) is 0.323. The molecule has 1 atom stereocenters. The van der Waals surface area contributed by atoms with Crippen LogP contribution in [-0.2, 0) is 4.74 Å². The van der Waals surface area contributed by atoms with E-state index in [0.29, 0.717) is 52.6 Å². The maximum atomic E-state index is 14.0. The van der Waals surface area contributed by atoms with Crippen molar-refractivity contribution in [2.24, 2.45) is 0 Å². The fourth-order valence-corrected chi connectivity index (χ4v) is 4.71. The number of anilines is 1. The monoisotopic (exact) mass is 544 g/mol. The summed E-state index contributed by atoms with van der Waals surface area (Å²) in [4.78, 5) is 34.4. The van der Waals surface area contributed by atoms with Gasteiger partial charge in [-0.15, -0.1) is 0 Å². The molecular weight excluding hydrogens is 508 g/mol. The second-order valence-corrected chi connectivity index (χ2v) is 9.50. The Morgan fingerprint density at radius 2 is 1.77 bits per heavy atom. The Labute approximate surface area is 234 Å². The molecule has 40 heavy (non-hydrogen) atoms. The number of benzene rings is 3. The molecule has 3 aromatic carbocycles. The van der Waals surface area contributed by atoms with E-state index in [1.807, 2.05) is 57.2 Å². The summed E-state index contributed by atoms with van der Waals surface area (Å²) < 4.78 is 17.8. The maximum Gasteiger partial charge on any atom is 0.322 e. The molecule has 0 bridgehead atoms. The Kier molecular flexibility index (Phi) is 9.06. The first-order chi connectivity index (χ1) is 19.3. The summed E-state index contributed by atoms with van der Waals surface area (Å²) in [7, 11) is 4.68. The van der Waals surface area contributed by atoms with Crippen LogP contribution in [0.25, 0.3) is 16.6 Å². The first-order valence-electron chi connectivity index (χ1n) is 13.2. The molecule has 0 spiro atoms. The Morgan fingerprint density at radius 3 is 2.45 bits per heavy atom. The fourth-order valence-electron chi connectivity index (χ4n) is 4.71. The van der Waals surface area contributed by atoms with Gasteiger partial charge in [0, 0.05) is 19.7 Å². The largest absolute Gasteiger partial charge is 0.497 e. The number of urea groups is 1. The number of para-hydroxylation sites is 1. The molecule has 0 fully saturated rings. The molecule has 2 amide bonds. The minimum atomic E-state index is -0.543. The van der Waals surface area contributed by atoms with E-state index < -0.39 is 6.04 Å². The van der Waals surface area contributed by atoms with Gasteiger partial charge in [0.15, 0.2) is 0 Å². The number of carbonyl (C=O) groups excluding carboxylic acids is 1. The number of rotatable bonds is 10. The zero-order valence-corrected chi connectivity index (χ0v) is 23.9. The summed E-state index contributed by atoms with van der Waals surface area (Å²) in [6.45, 7) is 6.58. The lowest BCUT2D eigenvalue weighted by molar-refractivity contribution is 0.131. The molecule has 1 heterocycles. The Balaban J connectivity index is 1.86. The number of aromatic nitrogens is 2. The van der Waals surface area contributed by atoms with Crippen LogP contribution in [0.3, 0.4) is 0 Å². The molecule has 1 aromatic heterocycles. The lowest BCUT2D eigenvalue weighted by Gasteiger charge is -2.32. The van der Waals surface area contributed by atoms with Crippen LogP contribution in [0.2, 0.25) is 0 Å². The van der Waals surface area contributed by atoms with Crippen LogP contribution in [-0.4, -0.2) is 55.0 Å². The van der Waals surface area contributed by atoms with Crippen molar-refractivity contribution in [1.29, 1.82) is 0 Å². The zero-order valence-electron chi connectivity index (χ0n) is 23.9. The van der Waals surface area contributed by atoms with Crippen molar-refractivity contribution in [3.8, 4) is 17.2 Å². The number of nitrogens with zero attached hydrogens (tertiary/aromatic N) is 3. The predicted octanol–water partition coefficient (Wildman–Crippen LogP) is 5.65. The first kappa shape index (κ1) is 28.6. The van der Waals surface area contributed by atoms with E-state index in [0.717, 1.165) is 11.1 Å². The van der Waals surface area contributed by atoms with E-state index in [4.69, 9.17) is 19.2 Å². The number of ether oxygens (including phenoxy) is 3. The third kappa shape index (κ3) is 5.79. The summed E-state index contributed by atoms with van der Waals surface area (Å²) in [5, 5.41) is 3.48. The van der Waals surface area contributed by atoms with Gasteiger partial charge in [0.1, 0.15) is 17.3 Å². The van der Waals surface area contributed by atoms with Crippen molar-refractivity contribution < 1.29 is 19.0 Å². The highest BCUT2D eigenvalue weighted by Crippen LogP contribution is 2.31. The third-order valence-electron chi connectivity index (χ3n) is 7.06. The summed E-state index contributed by atoms with van der Waals surface area (Å²) >= 11 is 0. The quantitative estimate of drug-likeness (QED) is 0.277. The number of hydrogen-bond donors (Lipinski definition) is 1. The van der Waals surface area contributed by atoms with Crippen LogP contribution in [0.4, 0.5) is 10.5 Å². The summed E-state index contributed by atoms with van der Waals surface area (Å²) in [6.07, 6.45) is 0.506. The van der Waals surface area contributed by atoms with Crippen LogP contribution in [0, 0.1) is 13.8 Å². The zero-order chi connectivity index (χ0) is 28.8. The van der Waals surface area contributed by atoms with Gasteiger partial charge in [-0.1, -0.05) is 25.1 Å². The van der Waals surface area contributed by atoms with E-state index in [-0.39, 0.29) is 18.1 Å². The summed E-state index contributed by atoms with van der Waals surface area (Å²) in [5.41, 5.74) is 3.74. The molecule has 0 radical (unpaired) electrons. The van der Waals surface area contributed by atoms with Gasteiger partial charge in [-0.05, 0) is 67.8 Å². The number of hydrogen-bond acceptors (Lipinski definition) is 6. The second-order valence-electron chi connectivity index (χ2n) is 9.50. The van der Waals surface area contributed by atoms with Gasteiger partial charge in [0.05, 0.1) is 49.1 Å². The molecule has 1 unspecified atom stereocenters. The van der Waals surface area contributed by atoms with Crippen LogP contribution >= 0.6 is 0 Å². The normalized spacial score (nSPS) is 11.8. The number of methoxy groups -OCH3 is 3. The molecule has 0 saturated heterocycles. The topological polar surface area (TPSA) is 94.9 Å². The van der Waals surface area contributed by atoms with Gasteiger partial charge in [-0.2, -0.15) is 0 Å². The number of nitrogens with one attached hydrogen (secondary N) is 1. The second kappa shape index (κ2) is 12.7. The van der Waals surface area contributed by atoms with Crippen molar-refractivity contribution in [3.05, 3.63) is 88.0 Å². The van der Waals surface area contributed by atoms with E-state index in [1.165, 1.54) is 7.11 Å². The average molecular weight is 545 g/mol. The minimum absolute atomic E-state index is 0.189. The molecule has 210 valence electrons.